The van der Waals surface area contributed by atoms with Gasteiger partial charge in [-0.3, -0.25) is 9.10 Å². The molecule has 0 aliphatic carbocycles. The van der Waals surface area contributed by atoms with Crippen molar-refractivity contribution in [3.8, 4) is 17.2 Å². The Bertz CT molecular complexity index is 1240. The first-order valence-electron chi connectivity index (χ1n) is 10.5. The Balaban J connectivity index is 1.72. The maximum absolute atomic E-state index is 12.9. The quantitative estimate of drug-likeness (QED) is 0.493. The van der Waals surface area contributed by atoms with Crippen molar-refractivity contribution in [2.24, 2.45) is 0 Å². The van der Waals surface area contributed by atoms with Crippen LogP contribution in [0.5, 0.6) is 17.2 Å². The molecule has 3 rings (SSSR count). The smallest absolute Gasteiger partial charge is 0.264 e. The van der Waals surface area contributed by atoms with E-state index >= 15 is 0 Å². The molecule has 1 atom stereocenters. The van der Waals surface area contributed by atoms with Gasteiger partial charge in [0.25, 0.3) is 15.9 Å². The summed E-state index contributed by atoms with van der Waals surface area (Å²) in [6, 6.07) is 17.7. The standard InChI is InChI=1S/C25H28N2O6S/c1-17(19-8-15-23(32-4)24(16-19)33-5)26-25(28)18-6-9-20(10-7-18)27(2)34(29,30)22-13-11-21(31-3)12-14-22/h6-17H,1-5H3,(H,26,28)/t17-/m0/s1. The molecule has 0 unspecified atom stereocenters. The van der Waals surface area contributed by atoms with Crippen LogP contribution in [0.4, 0.5) is 5.69 Å². The fourth-order valence-electron chi connectivity index (χ4n) is 3.35. The first-order chi connectivity index (χ1) is 16.2. The van der Waals surface area contributed by atoms with Gasteiger partial charge in [-0.25, -0.2) is 8.42 Å². The summed E-state index contributed by atoms with van der Waals surface area (Å²) in [5.74, 6) is 1.47. The van der Waals surface area contributed by atoms with E-state index in [9.17, 15) is 13.2 Å². The van der Waals surface area contributed by atoms with E-state index in [1.165, 1.54) is 30.6 Å². The van der Waals surface area contributed by atoms with Gasteiger partial charge < -0.3 is 19.5 Å². The summed E-state index contributed by atoms with van der Waals surface area (Å²) in [6.45, 7) is 1.86. The number of benzene rings is 3. The lowest BCUT2D eigenvalue weighted by Gasteiger charge is -2.20. The molecule has 0 aromatic heterocycles. The molecule has 180 valence electrons. The van der Waals surface area contributed by atoms with Crippen LogP contribution < -0.4 is 23.8 Å². The second-order valence-corrected chi connectivity index (χ2v) is 9.47. The molecule has 0 bridgehead atoms. The molecule has 34 heavy (non-hydrogen) atoms. The third kappa shape index (κ3) is 5.26. The number of hydrogen-bond donors (Lipinski definition) is 1. The highest BCUT2D eigenvalue weighted by Crippen LogP contribution is 2.30. The number of amides is 1. The van der Waals surface area contributed by atoms with E-state index in [0.717, 1.165) is 5.56 Å². The number of sulfonamides is 1. The molecule has 0 aliphatic rings. The Labute approximate surface area is 200 Å². The molecule has 0 saturated heterocycles. The predicted octanol–water partition coefficient (Wildman–Crippen LogP) is 4.03. The van der Waals surface area contributed by atoms with E-state index in [0.29, 0.717) is 28.5 Å². The summed E-state index contributed by atoms with van der Waals surface area (Å²) in [6.07, 6.45) is 0. The second kappa shape index (κ2) is 10.5. The van der Waals surface area contributed by atoms with Crippen LogP contribution in [0.15, 0.2) is 71.6 Å². The number of methoxy groups -OCH3 is 3. The maximum Gasteiger partial charge on any atom is 0.264 e. The number of hydrogen-bond acceptors (Lipinski definition) is 6. The highest BCUT2D eigenvalue weighted by atomic mass is 32.2. The largest absolute Gasteiger partial charge is 0.497 e. The Morgan fingerprint density at radius 1 is 0.853 bits per heavy atom. The van der Waals surface area contributed by atoms with Crippen LogP contribution in [0.2, 0.25) is 0 Å². The van der Waals surface area contributed by atoms with E-state index in [1.54, 1.807) is 56.7 Å². The van der Waals surface area contributed by atoms with E-state index in [-0.39, 0.29) is 16.8 Å². The van der Waals surface area contributed by atoms with Gasteiger partial charge in [0.15, 0.2) is 11.5 Å². The van der Waals surface area contributed by atoms with Crippen molar-refractivity contribution in [3.05, 3.63) is 77.9 Å². The molecule has 8 nitrogen and oxygen atoms in total. The monoisotopic (exact) mass is 484 g/mol. The van der Waals surface area contributed by atoms with Gasteiger partial charge >= 0.3 is 0 Å². The number of nitrogens with zero attached hydrogens (tertiary/aromatic N) is 1. The molecular weight excluding hydrogens is 456 g/mol. The third-order valence-corrected chi connectivity index (χ3v) is 7.27. The fourth-order valence-corrected chi connectivity index (χ4v) is 4.55. The van der Waals surface area contributed by atoms with Gasteiger partial charge in [0.05, 0.1) is 38.0 Å². The van der Waals surface area contributed by atoms with E-state index in [4.69, 9.17) is 14.2 Å². The highest BCUT2D eigenvalue weighted by molar-refractivity contribution is 7.92. The van der Waals surface area contributed by atoms with Crippen LogP contribution in [0.25, 0.3) is 0 Å². The molecule has 0 saturated carbocycles. The number of anilines is 1. The van der Waals surface area contributed by atoms with Crippen molar-refractivity contribution >= 4 is 21.6 Å². The van der Waals surface area contributed by atoms with Crippen molar-refractivity contribution in [3.63, 3.8) is 0 Å². The molecule has 0 aliphatic heterocycles. The number of ether oxygens (including phenoxy) is 3. The number of nitrogens with one attached hydrogen (secondary N) is 1. The Morgan fingerprint density at radius 3 is 2.03 bits per heavy atom. The average Bonchev–Trinajstić information content (AvgIpc) is 2.87. The first kappa shape index (κ1) is 24.9. The topological polar surface area (TPSA) is 94.2 Å². The fraction of sp³-hybridized carbons (Fsp3) is 0.240. The summed E-state index contributed by atoms with van der Waals surface area (Å²) >= 11 is 0. The minimum atomic E-state index is -3.76. The summed E-state index contributed by atoms with van der Waals surface area (Å²) < 4.78 is 42.7. The lowest BCUT2D eigenvalue weighted by atomic mass is 10.1. The van der Waals surface area contributed by atoms with Gasteiger partial charge in [-0.15, -0.1) is 0 Å². The maximum atomic E-state index is 12.9. The highest BCUT2D eigenvalue weighted by Gasteiger charge is 2.22. The van der Waals surface area contributed by atoms with Gasteiger partial charge in [-0.1, -0.05) is 6.07 Å². The summed E-state index contributed by atoms with van der Waals surface area (Å²) in [5, 5.41) is 2.94. The molecule has 0 spiro atoms. The van der Waals surface area contributed by atoms with Crippen molar-refractivity contribution in [1.29, 1.82) is 0 Å². The zero-order chi connectivity index (χ0) is 24.9. The molecule has 0 heterocycles. The zero-order valence-corrected chi connectivity index (χ0v) is 20.5. The summed E-state index contributed by atoms with van der Waals surface area (Å²) in [7, 11) is 2.33. The van der Waals surface area contributed by atoms with Gasteiger partial charge in [-0.05, 0) is 73.2 Å². The number of rotatable bonds is 9. The van der Waals surface area contributed by atoms with Crippen LogP contribution in [0, 0.1) is 0 Å². The van der Waals surface area contributed by atoms with Crippen molar-refractivity contribution < 1.29 is 27.4 Å². The first-order valence-corrected chi connectivity index (χ1v) is 11.9. The molecule has 9 heteroatoms. The molecule has 1 amide bonds. The molecule has 3 aromatic carbocycles. The summed E-state index contributed by atoms with van der Waals surface area (Å²) in [4.78, 5) is 12.9. The van der Waals surface area contributed by atoms with Gasteiger partial charge in [0, 0.05) is 12.6 Å². The summed E-state index contributed by atoms with van der Waals surface area (Å²) in [5.41, 5.74) is 1.69. The van der Waals surface area contributed by atoms with Gasteiger partial charge in [0.2, 0.25) is 0 Å². The lowest BCUT2D eigenvalue weighted by Crippen LogP contribution is -2.28. The van der Waals surface area contributed by atoms with E-state index < -0.39 is 10.0 Å². The van der Waals surface area contributed by atoms with E-state index in [2.05, 4.69) is 5.32 Å². The minimum Gasteiger partial charge on any atom is -0.497 e. The van der Waals surface area contributed by atoms with Crippen molar-refractivity contribution in [2.45, 2.75) is 17.9 Å². The lowest BCUT2D eigenvalue weighted by molar-refractivity contribution is 0.0940. The predicted molar refractivity (Wildman–Crippen MR) is 130 cm³/mol. The molecule has 1 N–H and O–H groups in total. The Kier molecular flexibility index (Phi) is 7.68. The number of carbonyl (C=O) groups excluding carboxylic acids is 1. The van der Waals surface area contributed by atoms with Crippen LogP contribution in [-0.2, 0) is 10.0 Å². The molecule has 0 fully saturated rings. The molecule has 3 aromatic rings. The van der Waals surface area contributed by atoms with Crippen LogP contribution >= 0.6 is 0 Å². The van der Waals surface area contributed by atoms with Crippen LogP contribution in [0.1, 0.15) is 28.9 Å². The molecule has 0 radical (unpaired) electrons. The second-order valence-electron chi connectivity index (χ2n) is 7.50. The Hall–Kier alpha value is -3.72. The average molecular weight is 485 g/mol. The third-order valence-electron chi connectivity index (χ3n) is 5.47. The van der Waals surface area contributed by atoms with Crippen LogP contribution in [-0.4, -0.2) is 42.7 Å². The van der Waals surface area contributed by atoms with Crippen molar-refractivity contribution in [1.82, 2.24) is 5.32 Å². The minimum absolute atomic E-state index is 0.140. The van der Waals surface area contributed by atoms with Gasteiger partial charge in [-0.2, -0.15) is 0 Å². The van der Waals surface area contributed by atoms with E-state index in [1.807, 2.05) is 19.1 Å². The zero-order valence-electron chi connectivity index (χ0n) is 19.7. The van der Waals surface area contributed by atoms with Crippen molar-refractivity contribution in [2.75, 3.05) is 32.7 Å². The SMILES string of the molecule is COc1ccc(S(=O)(=O)N(C)c2ccc(C(=O)N[C@@H](C)c3ccc(OC)c(OC)c3)cc2)cc1. The van der Waals surface area contributed by atoms with Crippen LogP contribution in [0.3, 0.4) is 0 Å². The number of carbonyl (C=O) groups is 1. The normalized spacial score (nSPS) is 11.9. The Morgan fingerprint density at radius 2 is 1.47 bits per heavy atom. The molecular formula is C25H28N2O6S. The van der Waals surface area contributed by atoms with Gasteiger partial charge in [0.1, 0.15) is 5.75 Å².